The van der Waals surface area contributed by atoms with Crippen LogP contribution in [0.25, 0.3) is 0 Å². The van der Waals surface area contributed by atoms with Gasteiger partial charge < -0.3 is 9.84 Å². The zero-order chi connectivity index (χ0) is 18.7. The van der Waals surface area contributed by atoms with Crippen molar-refractivity contribution in [2.75, 3.05) is 0 Å². The molecule has 4 nitrogen and oxygen atoms in total. The van der Waals surface area contributed by atoms with Crippen LogP contribution >= 0.6 is 0 Å². The lowest BCUT2D eigenvalue weighted by atomic mass is 9.44. The van der Waals surface area contributed by atoms with E-state index in [1.165, 1.54) is 32.1 Å². The highest BCUT2D eigenvalue weighted by Crippen LogP contribution is 2.67. The van der Waals surface area contributed by atoms with E-state index >= 15 is 0 Å². The Labute approximate surface area is 157 Å². The highest BCUT2D eigenvalue weighted by Gasteiger charge is 2.60. The predicted molar refractivity (Wildman–Crippen MR) is 98.8 cm³/mol. The Kier molecular flexibility index (Phi) is 4.39. The Hall–Kier alpha value is -1.06. The number of Topliss-reactive ketones (excluding diaryl/α,β-unsaturated/α-hetero) is 1. The molecule has 0 heterocycles. The largest absolute Gasteiger partial charge is 0.506 e. The van der Waals surface area contributed by atoms with Crippen LogP contribution in [0.1, 0.15) is 78.6 Å². The van der Waals surface area contributed by atoms with Gasteiger partial charge in [0.2, 0.25) is 0 Å². The molecule has 4 fully saturated rings. The fourth-order valence-corrected chi connectivity index (χ4v) is 8.14. The van der Waals surface area contributed by atoms with Crippen LogP contribution in [0, 0.1) is 40.4 Å². The van der Waals surface area contributed by atoms with E-state index in [1.807, 2.05) is 0 Å². The van der Waals surface area contributed by atoms with E-state index in [2.05, 4.69) is 13.8 Å². The lowest BCUT2D eigenvalue weighted by molar-refractivity contribution is -0.139. The lowest BCUT2D eigenvalue weighted by Crippen LogP contribution is -2.54. The van der Waals surface area contributed by atoms with Gasteiger partial charge in [-0.25, -0.2) is 4.79 Å². The van der Waals surface area contributed by atoms with E-state index in [-0.39, 0.29) is 17.4 Å². The number of rotatable bonds is 2. The quantitative estimate of drug-likeness (QED) is 0.677. The van der Waals surface area contributed by atoms with Crippen LogP contribution in [0.2, 0.25) is 0 Å². The average Bonchev–Trinajstić information content (AvgIpc) is 2.92. The number of carbonyl (C=O) groups is 2. The van der Waals surface area contributed by atoms with E-state index in [1.54, 1.807) is 6.92 Å². The van der Waals surface area contributed by atoms with Crippen molar-refractivity contribution in [3.8, 4) is 0 Å². The number of carbonyl (C=O) groups excluding carboxylic acids is 1. The molecule has 0 unspecified atom stereocenters. The predicted octanol–water partition coefficient (Wildman–Crippen LogP) is 5.30. The number of carboxylic acid groups (broad SMARTS) is 1. The first-order valence-corrected chi connectivity index (χ1v) is 10.7. The Morgan fingerprint density at radius 1 is 0.923 bits per heavy atom. The summed E-state index contributed by atoms with van der Waals surface area (Å²) in [6.07, 6.45) is 8.87. The molecular formula is C22H34O4. The minimum absolute atomic E-state index is 0.107. The van der Waals surface area contributed by atoms with Gasteiger partial charge in [0.25, 0.3) is 0 Å². The smallest absolute Gasteiger partial charge is 0.450 e. The number of hydrogen-bond acceptors (Lipinski definition) is 3. The van der Waals surface area contributed by atoms with E-state index in [0.29, 0.717) is 23.0 Å². The molecule has 0 aromatic heterocycles. The summed E-state index contributed by atoms with van der Waals surface area (Å²) in [6.45, 7) is 6.68. The number of hydrogen-bond donors (Lipinski definition) is 1. The van der Waals surface area contributed by atoms with Crippen LogP contribution in [0.15, 0.2) is 0 Å². The molecule has 0 bridgehead atoms. The van der Waals surface area contributed by atoms with Gasteiger partial charge in [-0.15, -0.1) is 0 Å². The summed E-state index contributed by atoms with van der Waals surface area (Å²) in [5.74, 6) is 3.49. The molecule has 4 aliphatic carbocycles. The molecule has 0 spiro atoms. The Morgan fingerprint density at radius 2 is 1.62 bits per heavy atom. The fourth-order valence-electron chi connectivity index (χ4n) is 8.14. The summed E-state index contributed by atoms with van der Waals surface area (Å²) in [4.78, 5) is 23.2. The van der Waals surface area contributed by atoms with E-state index < -0.39 is 6.16 Å². The zero-order valence-corrected chi connectivity index (χ0v) is 16.5. The molecule has 0 aromatic carbocycles. The Balaban J connectivity index is 1.54. The minimum atomic E-state index is -1.12. The second kappa shape index (κ2) is 6.24. The van der Waals surface area contributed by atoms with Crippen molar-refractivity contribution in [2.45, 2.75) is 84.7 Å². The maximum atomic E-state index is 12.2. The third-order valence-electron chi connectivity index (χ3n) is 9.38. The van der Waals surface area contributed by atoms with Crippen molar-refractivity contribution in [3.05, 3.63) is 0 Å². The molecule has 4 heteroatoms. The Bertz CT molecular complexity index is 601. The van der Waals surface area contributed by atoms with Crippen LogP contribution in [0.4, 0.5) is 4.79 Å². The number of ketones is 1. The molecule has 4 aliphatic rings. The first-order valence-electron chi connectivity index (χ1n) is 10.7. The van der Waals surface area contributed by atoms with Gasteiger partial charge in [-0.05, 0) is 99.2 Å². The molecule has 8 atom stereocenters. The van der Waals surface area contributed by atoms with Gasteiger partial charge in [0.05, 0.1) is 0 Å². The van der Waals surface area contributed by atoms with E-state index in [9.17, 15) is 9.59 Å². The van der Waals surface area contributed by atoms with Gasteiger partial charge in [-0.2, -0.15) is 0 Å². The van der Waals surface area contributed by atoms with Crippen molar-refractivity contribution in [1.82, 2.24) is 0 Å². The summed E-state index contributed by atoms with van der Waals surface area (Å²) in [6, 6.07) is 0. The highest BCUT2D eigenvalue weighted by atomic mass is 16.7. The molecule has 1 N–H and O–H groups in total. The van der Waals surface area contributed by atoms with Crippen molar-refractivity contribution >= 4 is 11.9 Å². The lowest BCUT2D eigenvalue weighted by Gasteiger charge is -2.61. The normalized spacial score (nSPS) is 50.3. The minimum Gasteiger partial charge on any atom is -0.450 e. The van der Waals surface area contributed by atoms with Gasteiger partial charge in [0.15, 0.2) is 0 Å². The first kappa shape index (κ1) is 18.3. The van der Waals surface area contributed by atoms with Crippen LogP contribution < -0.4 is 0 Å². The van der Waals surface area contributed by atoms with Gasteiger partial charge in [-0.1, -0.05) is 13.8 Å². The standard InChI is InChI=1S/C22H34O4/c1-13(23)17-6-7-18-16-5-4-14-12-15(26-20(24)25)8-10-21(14,2)19(16)9-11-22(17,18)3/h14-19H,4-12H2,1-3H3,(H,24,25)/t14-,15+,16-,17+,18-,19-,21-,22+/m0/s1. The van der Waals surface area contributed by atoms with Gasteiger partial charge >= 0.3 is 6.16 Å². The van der Waals surface area contributed by atoms with Gasteiger partial charge in [0.1, 0.15) is 11.9 Å². The molecule has 146 valence electrons. The topological polar surface area (TPSA) is 63.6 Å². The summed E-state index contributed by atoms with van der Waals surface area (Å²) in [5, 5.41) is 8.96. The van der Waals surface area contributed by atoms with E-state index in [0.717, 1.165) is 37.5 Å². The monoisotopic (exact) mass is 362 g/mol. The molecule has 0 aliphatic heterocycles. The van der Waals surface area contributed by atoms with Crippen LogP contribution in [-0.4, -0.2) is 23.1 Å². The molecule has 4 rings (SSSR count). The summed E-state index contributed by atoms with van der Waals surface area (Å²) in [5.41, 5.74) is 0.552. The number of fused-ring (bicyclic) bond motifs is 5. The van der Waals surface area contributed by atoms with Crippen LogP contribution in [-0.2, 0) is 9.53 Å². The molecule has 0 aromatic rings. The summed E-state index contributed by atoms with van der Waals surface area (Å²) < 4.78 is 5.13. The second-order valence-electron chi connectivity index (χ2n) is 10.2. The third kappa shape index (κ3) is 2.62. The maximum Gasteiger partial charge on any atom is 0.506 e. The van der Waals surface area contributed by atoms with Crippen LogP contribution in [0.5, 0.6) is 0 Å². The molecule has 0 saturated heterocycles. The fraction of sp³-hybridized carbons (Fsp3) is 0.909. The third-order valence-corrected chi connectivity index (χ3v) is 9.38. The van der Waals surface area contributed by atoms with Crippen molar-refractivity contribution in [1.29, 1.82) is 0 Å². The van der Waals surface area contributed by atoms with E-state index in [4.69, 9.17) is 9.84 Å². The van der Waals surface area contributed by atoms with Crippen LogP contribution in [0.3, 0.4) is 0 Å². The highest BCUT2D eigenvalue weighted by molar-refractivity contribution is 5.79. The second-order valence-corrected chi connectivity index (χ2v) is 10.2. The molecular weight excluding hydrogens is 328 g/mol. The van der Waals surface area contributed by atoms with Gasteiger partial charge in [-0.3, -0.25) is 4.79 Å². The number of ether oxygens (including phenoxy) is 1. The Morgan fingerprint density at radius 3 is 2.31 bits per heavy atom. The average molecular weight is 363 g/mol. The molecule has 4 saturated carbocycles. The molecule has 0 radical (unpaired) electrons. The molecule has 26 heavy (non-hydrogen) atoms. The van der Waals surface area contributed by atoms with Crippen molar-refractivity contribution in [2.24, 2.45) is 40.4 Å². The summed E-state index contributed by atoms with van der Waals surface area (Å²) >= 11 is 0. The van der Waals surface area contributed by atoms with Crippen molar-refractivity contribution < 1.29 is 19.4 Å². The molecule has 0 amide bonds. The van der Waals surface area contributed by atoms with Gasteiger partial charge in [0, 0.05) is 5.92 Å². The van der Waals surface area contributed by atoms with Crippen molar-refractivity contribution in [3.63, 3.8) is 0 Å². The zero-order valence-electron chi connectivity index (χ0n) is 16.5. The SMILES string of the molecule is CC(=O)[C@H]1CC[C@H]2[C@@H]3CC[C@H]4C[C@H](OC(=O)O)CC[C@]4(C)[C@H]3CC[C@]12C. The first-order chi connectivity index (χ1) is 12.3. The summed E-state index contributed by atoms with van der Waals surface area (Å²) in [7, 11) is 0. The maximum absolute atomic E-state index is 12.2.